The van der Waals surface area contributed by atoms with Gasteiger partial charge >= 0.3 is 0 Å². The molecule has 0 bridgehead atoms. The maximum absolute atomic E-state index is 13.1. The molecule has 1 aromatic heterocycles. The zero-order chi connectivity index (χ0) is 19.6. The lowest BCUT2D eigenvalue weighted by molar-refractivity contribution is -0.138. The Morgan fingerprint density at radius 1 is 1.33 bits per heavy atom. The third-order valence-electron chi connectivity index (χ3n) is 5.72. The lowest BCUT2D eigenvalue weighted by Gasteiger charge is -2.35. The SMILES string of the molecule is CCCN(C(=O)C1CCN(S(=O)(=O)c2cn(C)c(C)n2)CC1)C1CCNC1. The van der Waals surface area contributed by atoms with Crippen LogP contribution in [-0.2, 0) is 21.9 Å². The van der Waals surface area contributed by atoms with Crippen LogP contribution in [-0.4, -0.2) is 71.8 Å². The van der Waals surface area contributed by atoms with E-state index in [2.05, 4.69) is 17.2 Å². The molecule has 2 saturated heterocycles. The minimum absolute atomic E-state index is 0.0888. The van der Waals surface area contributed by atoms with Gasteiger partial charge in [-0.15, -0.1) is 0 Å². The summed E-state index contributed by atoms with van der Waals surface area (Å²) in [6, 6.07) is 0.274. The maximum Gasteiger partial charge on any atom is 0.262 e. The molecule has 1 unspecified atom stereocenters. The molecule has 1 amide bonds. The highest BCUT2D eigenvalue weighted by Gasteiger charge is 2.36. The van der Waals surface area contributed by atoms with Crippen LogP contribution < -0.4 is 5.32 Å². The lowest BCUT2D eigenvalue weighted by atomic mass is 9.95. The van der Waals surface area contributed by atoms with Gasteiger partial charge in [0.2, 0.25) is 5.91 Å². The summed E-state index contributed by atoms with van der Waals surface area (Å²) in [5.74, 6) is 0.768. The summed E-state index contributed by atoms with van der Waals surface area (Å²) < 4.78 is 28.8. The van der Waals surface area contributed by atoms with Gasteiger partial charge in [-0.3, -0.25) is 4.79 Å². The Bertz CT molecular complexity index is 742. The molecule has 0 spiro atoms. The largest absolute Gasteiger partial charge is 0.338 e. The Hall–Kier alpha value is -1.45. The second-order valence-corrected chi connectivity index (χ2v) is 9.48. The van der Waals surface area contributed by atoms with Gasteiger partial charge in [-0.05, 0) is 39.2 Å². The standard InChI is InChI=1S/C18H31N5O3S/c1-4-9-23(16-5-8-19-12-16)18(24)15-6-10-22(11-7-15)27(25,26)17-13-21(3)14(2)20-17/h13,15-16,19H,4-12H2,1-3H3. The monoisotopic (exact) mass is 397 g/mol. The number of aryl methyl sites for hydroxylation is 2. The van der Waals surface area contributed by atoms with Gasteiger partial charge in [0, 0.05) is 51.4 Å². The number of amides is 1. The fraction of sp³-hybridized carbons (Fsp3) is 0.778. The summed E-state index contributed by atoms with van der Waals surface area (Å²) in [5, 5.41) is 3.42. The van der Waals surface area contributed by atoms with Gasteiger partial charge in [-0.1, -0.05) is 6.92 Å². The van der Waals surface area contributed by atoms with E-state index in [1.807, 2.05) is 4.90 Å². The molecule has 0 saturated carbocycles. The highest BCUT2D eigenvalue weighted by atomic mass is 32.2. The van der Waals surface area contributed by atoms with Gasteiger partial charge in [0.25, 0.3) is 10.0 Å². The van der Waals surface area contributed by atoms with Crippen LogP contribution in [0.4, 0.5) is 0 Å². The Balaban J connectivity index is 1.64. The number of rotatable bonds is 6. The van der Waals surface area contributed by atoms with Crippen molar-refractivity contribution in [3.63, 3.8) is 0 Å². The predicted molar refractivity (Wildman–Crippen MR) is 103 cm³/mol. The number of imidazole rings is 1. The van der Waals surface area contributed by atoms with E-state index in [0.29, 0.717) is 31.8 Å². The Labute approximate surface area is 162 Å². The van der Waals surface area contributed by atoms with Crippen LogP contribution in [0.5, 0.6) is 0 Å². The average Bonchev–Trinajstić information content (AvgIpc) is 3.30. The zero-order valence-electron chi connectivity index (χ0n) is 16.5. The number of nitrogens with zero attached hydrogens (tertiary/aromatic N) is 4. The molecule has 0 aliphatic carbocycles. The van der Waals surface area contributed by atoms with E-state index >= 15 is 0 Å². The fourth-order valence-electron chi connectivity index (χ4n) is 3.98. The summed E-state index contributed by atoms with van der Waals surface area (Å²) in [6.07, 6.45) is 4.64. The number of sulfonamides is 1. The molecule has 1 aromatic rings. The molecule has 152 valence electrons. The second-order valence-electron chi connectivity index (χ2n) is 7.59. The first-order chi connectivity index (χ1) is 12.8. The molecule has 8 nitrogen and oxygen atoms in total. The lowest BCUT2D eigenvalue weighted by Crippen LogP contribution is -2.48. The minimum atomic E-state index is -3.59. The zero-order valence-corrected chi connectivity index (χ0v) is 17.3. The first kappa shape index (κ1) is 20.3. The summed E-state index contributed by atoms with van der Waals surface area (Å²) in [6.45, 7) is 7.21. The van der Waals surface area contributed by atoms with Gasteiger partial charge in [-0.2, -0.15) is 4.31 Å². The number of carbonyl (C=O) groups is 1. The molecular weight excluding hydrogens is 366 g/mol. The number of piperidine rings is 1. The van der Waals surface area contributed by atoms with Gasteiger partial charge in [0.15, 0.2) is 5.03 Å². The van der Waals surface area contributed by atoms with E-state index in [-0.39, 0.29) is 22.9 Å². The van der Waals surface area contributed by atoms with Crippen LogP contribution >= 0.6 is 0 Å². The molecule has 2 aliphatic rings. The van der Waals surface area contributed by atoms with Crippen molar-refractivity contribution in [1.82, 2.24) is 24.1 Å². The topological polar surface area (TPSA) is 87.5 Å². The summed E-state index contributed by atoms with van der Waals surface area (Å²) in [4.78, 5) is 19.3. The second kappa shape index (κ2) is 8.28. The first-order valence-electron chi connectivity index (χ1n) is 9.86. The molecular formula is C18H31N5O3S. The molecule has 2 aliphatic heterocycles. The van der Waals surface area contributed by atoms with Crippen molar-refractivity contribution in [2.75, 3.05) is 32.7 Å². The van der Waals surface area contributed by atoms with E-state index in [9.17, 15) is 13.2 Å². The van der Waals surface area contributed by atoms with Gasteiger partial charge in [0.05, 0.1) is 0 Å². The molecule has 0 radical (unpaired) electrons. The highest BCUT2D eigenvalue weighted by Crippen LogP contribution is 2.26. The summed E-state index contributed by atoms with van der Waals surface area (Å²) >= 11 is 0. The molecule has 1 N–H and O–H groups in total. The van der Waals surface area contributed by atoms with Crippen molar-refractivity contribution in [2.45, 2.75) is 50.6 Å². The molecule has 0 aromatic carbocycles. The number of hydrogen-bond acceptors (Lipinski definition) is 5. The molecule has 3 rings (SSSR count). The van der Waals surface area contributed by atoms with E-state index in [1.54, 1.807) is 24.7 Å². The van der Waals surface area contributed by atoms with E-state index in [1.165, 1.54) is 4.31 Å². The minimum Gasteiger partial charge on any atom is -0.338 e. The van der Waals surface area contributed by atoms with Crippen LogP contribution in [0.25, 0.3) is 0 Å². The van der Waals surface area contributed by atoms with Crippen LogP contribution in [0, 0.1) is 12.8 Å². The normalized spacial score (nSPS) is 22.3. The van der Waals surface area contributed by atoms with Crippen molar-refractivity contribution >= 4 is 15.9 Å². The summed E-state index contributed by atoms with van der Waals surface area (Å²) in [7, 11) is -1.81. The number of nitrogens with one attached hydrogen (secondary N) is 1. The third kappa shape index (κ3) is 4.20. The quantitative estimate of drug-likeness (QED) is 0.765. The van der Waals surface area contributed by atoms with Crippen LogP contribution in [0.3, 0.4) is 0 Å². The fourth-order valence-corrected chi connectivity index (χ4v) is 5.47. The Morgan fingerprint density at radius 2 is 2.04 bits per heavy atom. The molecule has 27 heavy (non-hydrogen) atoms. The van der Waals surface area contributed by atoms with Crippen LogP contribution in [0.1, 0.15) is 38.4 Å². The Morgan fingerprint density at radius 3 is 2.56 bits per heavy atom. The third-order valence-corrected chi connectivity index (χ3v) is 7.49. The first-order valence-corrected chi connectivity index (χ1v) is 11.3. The van der Waals surface area contributed by atoms with Gasteiger partial charge in [0.1, 0.15) is 5.82 Å². The van der Waals surface area contributed by atoms with Gasteiger partial charge < -0.3 is 14.8 Å². The smallest absolute Gasteiger partial charge is 0.262 e. The molecule has 1 atom stereocenters. The predicted octanol–water partition coefficient (Wildman–Crippen LogP) is 0.730. The highest BCUT2D eigenvalue weighted by molar-refractivity contribution is 7.89. The molecule has 2 fully saturated rings. The van der Waals surface area contributed by atoms with Crippen molar-refractivity contribution < 1.29 is 13.2 Å². The molecule has 3 heterocycles. The van der Waals surface area contributed by atoms with Crippen molar-refractivity contribution in [3.05, 3.63) is 12.0 Å². The van der Waals surface area contributed by atoms with E-state index in [0.717, 1.165) is 32.5 Å². The average molecular weight is 398 g/mol. The number of hydrogen-bond donors (Lipinski definition) is 1. The van der Waals surface area contributed by atoms with Crippen molar-refractivity contribution in [3.8, 4) is 0 Å². The van der Waals surface area contributed by atoms with Crippen LogP contribution in [0.2, 0.25) is 0 Å². The molecule has 9 heteroatoms. The van der Waals surface area contributed by atoms with E-state index in [4.69, 9.17) is 0 Å². The van der Waals surface area contributed by atoms with Gasteiger partial charge in [-0.25, -0.2) is 13.4 Å². The van der Waals surface area contributed by atoms with E-state index < -0.39 is 10.0 Å². The Kier molecular flexibility index (Phi) is 6.22. The van der Waals surface area contributed by atoms with Crippen molar-refractivity contribution in [2.24, 2.45) is 13.0 Å². The van der Waals surface area contributed by atoms with Crippen molar-refractivity contribution in [1.29, 1.82) is 0 Å². The number of aromatic nitrogens is 2. The van der Waals surface area contributed by atoms with Crippen LogP contribution in [0.15, 0.2) is 11.2 Å². The number of carbonyl (C=O) groups excluding carboxylic acids is 1. The maximum atomic E-state index is 13.1. The summed E-state index contributed by atoms with van der Waals surface area (Å²) in [5.41, 5.74) is 0.